The average Bonchev–Trinajstić information content (AvgIpc) is 2.76. The van der Waals surface area contributed by atoms with Crippen LogP contribution in [0.25, 0.3) is 11.3 Å². The molecule has 0 radical (unpaired) electrons. The first kappa shape index (κ1) is 13.7. The molecule has 7 heteroatoms. The highest BCUT2D eigenvalue weighted by Crippen LogP contribution is 2.25. The normalized spacial score (nSPS) is 11.7. The number of nitrogens with one attached hydrogen (secondary N) is 2. The van der Waals surface area contributed by atoms with Gasteiger partial charge in [-0.15, -0.1) is 0 Å². The van der Waals surface area contributed by atoms with E-state index in [1.807, 2.05) is 0 Å². The Morgan fingerprint density at radius 3 is 2.74 bits per heavy atom. The van der Waals surface area contributed by atoms with Gasteiger partial charge in [-0.05, 0) is 19.2 Å². The first-order chi connectivity index (χ1) is 8.93. The molecule has 0 aliphatic rings. The molecule has 0 atom stereocenters. The number of sulfone groups is 1. The van der Waals surface area contributed by atoms with Crippen molar-refractivity contribution in [3.05, 3.63) is 35.8 Å². The fourth-order valence-corrected chi connectivity index (χ4v) is 2.57. The maximum Gasteiger partial charge on any atom is 0.178 e. The molecule has 0 amide bonds. The molecule has 102 valence electrons. The van der Waals surface area contributed by atoms with Crippen LogP contribution in [0.2, 0.25) is 0 Å². The lowest BCUT2D eigenvalue weighted by molar-refractivity contribution is 0.571. The number of hydrogen-bond acceptors (Lipinski definition) is 4. The lowest BCUT2D eigenvalue weighted by Crippen LogP contribution is -2.05. The maximum atomic E-state index is 13.8. The van der Waals surface area contributed by atoms with E-state index in [4.69, 9.17) is 0 Å². The molecule has 0 aliphatic heterocycles. The predicted molar refractivity (Wildman–Crippen MR) is 69.9 cm³/mol. The fourth-order valence-electron chi connectivity index (χ4n) is 1.84. The Hall–Kier alpha value is -1.73. The highest BCUT2D eigenvalue weighted by molar-refractivity contribution is 7.90. The minimum Gasteiger partial charge on any atom is -0.316 e. The highest BCUT2D eigenvalue weighted by atomic mass is 32.2. The number of aromatic amines is 1. The summed E-state index contributed by atoms with van der Waals surface area (Å²) in [5.74, 6) is -0.759. The second kappa shape index (κ2) is 5.10. The molecule has 19 heavy (non-hydrogen) atoms. The van der Waals surface area contributed by atoms with E-state index in [9.17, 15) is 12.8 Å². The number of benzene rings is 1. The second-order valence-electron chi connectivity index (χ2n) is 4.22. The molecule has 1 aromatic carbocycles. The molecule has 0 spiro atoms. The summed E-state index contributed by atoms with van der Waals surface area (Å²) in [7, 11) is -1.76. The molecule has 0 bridgehead atoms. The van der Waals surface area contributed by atoms with Gasteiger partial charge in [0.15, 0.2) is 9.84 Å². The van der Waals surface area contributed by atoms with Gasteiger partial charge in [0.1, 0.15) is 10.7 Å². The zero-order valence-corrected chi connectivity index (χ0v) is 11.4. The molecule has 0 fully saturated rings. The van der Waals surface area contributed by atoms with Crippen LogP contribution in [0.3, 0.4) is 0 Å². The smallest absolute Gasteiger partial charge is 0.178 e. The molecule has 0 saturated heterocycles. The van der Waals surface area contributed by atoms with Crippen LogP contribution in [0.1, 0.15) is 5.56 Å². The number of nitrogens with zero attached hydrogens (tertiary/aromatic N) is 1. The molecule has 2 N–H and O–H groups in total. The second-order valence-corrected chi connectivity index (χ2v) is 6.20. The number of halogens is 1. The largest absolute Gasteiger partial charge is 0.316 e. The predicted octanol–water partition coefficient (Wildman–Crippen LogP) is 1.34. The van der Waals surface area contributed by atoms with E-state index < -0.39 is 15.7 Å². The van der Waals surface area contributed by atoms with Gasteiger partial charge in [-0.3, -0.25) is 5.10 Å². The zero-order valence-electron chi connectivity index (χ0n) is 10.6. The number of aromatic nitrogens is 2. The molecule has 1 aromatic heterocycles. The molecular formula is C12H14FN3O2S. The molecule has 0 aliphatic carbocycles. The molecular weight excluding hydrogens is 269 g/mol. The Bertz CT molecular complexity index is 695. The van der Waals surface area contributed by atoms with Gasteiger partial charge in [0, 0.05) is 23.9 Å². The van der Waals surface area contributed by atoms with Crippen molar-refractivity contribution in [1.29, 1.82) is 0 Å². The van der Waals surface area contributed by atoms with E-state index in [1.54, 1.807) is 19.3 Å². The molecule has 2 aromatic rings. The van der Waals surface area contributed by atoms with Crippen LogP contribution in [0.4, 0.5) is 4.39 Å². The van der Waals surface area contributed by atoms with Crippen LogP contribution in [0, 0.1) is 5.82 Å². The molecule has 0 saturated carbocycles. The van der Waals surface area contributed by atoms with Gasteiger partial charge >= 0.3 is 0 Å². The minimum atomic E-state index is -3.55. The minimum absolute atomic E-state index is 0.300. The third-order valence-corrected chi connectivity index (χ3v) is 3.84. The Morgan fingerprint density at radius 2 is 2.16 bits per heavy atom. The van der Waals surface area contributed by atoms with Crippen molar-refractivity contribution in [3.63, 3.8) is 0 Å². The maximum absolute atomic E-state index is 13.8. The SMILES string of the molecule is CNCc1cn[nH]c1-c1ccc(S(C)(=O)=O)c(F)c1. The molecule has 5 nitrogen and oxygen atoms in total. The van der Waals surface area contributed by atoms with Gasteiger partial charge < -0.3 is 5.32 Å². The quantitative estimate of drug-likeness (QED) is 0.888. The van der Waals surface area contributed by atoms with E-state index in [0.717, 1.165) is 11.8 Å². The number of hydrogen-bond donors (Lipinski definition) is 2. The standard InChI is InChI=1S/C12H14FN3O2S/c1-14-6-9-7-15-16-12(9)8-3-4-11(10(13)5-8)19(2,17)18/h3-5,7,14H,6H2,1-2H3,(H,15,16). The lowest BCUT2D eigenvalue weighted by atomic mass is 10.1. The van der Waals surface area contributed by atoms with Crippen molar-refractivity contribution in [2.24, 2.45) is 0 Å². The van der Waals surface area contributed by atoms with Gasteiger partial charge in [0.05, 0.1) is 11.9 Å². The van der Waals surface area contributed by atoms with Crippen molar-refractivity contribution < 1.29 is 12.8 Å². The van der Waals surface area contributed by atoms with E-state index in [-0.39, 0.29) is 4.90 Å². The average molecular weight is 283 g/mol. The van der Waals surface area contributed by atoms with E-state index in [2.05, 4.69) is 15.5 Å². The topological polar surface area (TPSA) is 74.8 Å². The third kappa shape index (κ3) is 2.82. The third-order valence-electron chi connectivity index (χ3n) is 2.71. The van der Waals surface area contributed by atoms with Crippen LogP contribution >= 0.6 is 0 Å². The van der Waals surface area contributed by atoms with Crippen molar-refractivity contribution >= 4 is 9.84 Å². The van der Waals surface area contributed by atoms with E-state index in [1.165, 1.54) is 12.1 Å². The first-order valence-electron chi connectivity index (χ1n) is 5.60. The van der Waals surface area contributed by atoms with Crippen LogP contribution in [-0.4, -0.2) is 31.9 Å². The van der Waals surface area contributed by atoms with Crippen molar-refractivity contribution in [2.45, 2.75) is 11.4 Å². The fraction of sp³-hybridized carbons (Fsp3) is 0.250. The van der Waals surface area contributed by atoms with Crippen LogP contribution < -0.4 is 5.32 Å². The van der Waals surface area contributed by atoms with Crippen molar-refractivity contribution in [1.82, 2.24) is 15.5 Å². The summed E-state index contributed by atoms with van der Waals surface area (Å²) in [5.41, 5.74) is 2.12. The van der Waals surface area contributed by atoms with E-state index >= 15 is 0 Å². The molecule has 0 unspecified atom stereocenters. The van der Waals surface area contributed by atoms with E-state index in [0.29, 0.717) is 17.8 Å². The van der Waals surface area contributed by atoms with Crippen LogP contribution in [0.15, 0.2) is 29.3 Å². The lowest BCUT2D eigenvalue weighted by Gasteiger charge is -2.05. The monoisotopic (exact) mass is 283 g/mol. The number of rotatable bonds is 4. The summed E-state index contributed by atoms with van der Waals surface area (Å²) in [4.78, 5) is -0.300. The molecule has 1 heterocycles. The summed E-state index contributed by atoms with van der Waals surface area (Å²) >= 11 is 0. The van der Waals surface area contributed by atoms with Gasteiger partial charge in [0.2, 0.25) is 0 Å². The molecule has 2 rings (SSSR count). The Morgan fingerprint density at radius 1 is 1.42 bits per heavy atom. The summed E-state index contributed by atoms with van der Waals surface area (Å²) in [5, 5.41) is 9.68. The first-order valence-corrected chi connectivity index (χ1v) is 7.49. The summed E-state index contributed by atoms with van der Waals surface area (Å²) < 4.78 is 36.5. The zero-order chi connectivity index (χ0) is 14.0. The van der Waals surface area contributed by atoms with Gasteiger partial charge in [-0.2, -0.15) is 5.10 Å². The Labute approximate surface area is 110 Å². The summed E-state index contributed by atoms with van der Waals surface area (Å²) in [6.07, 6.45) is 2.63. The van der Waals surface area contributed by atoms with Gasteiger partial charge in [-0.1, -0.05) is 6.07 Å². The highest BCUT2D eigenvalue weighted by Gasteiger charge is 2.15. The Kier molecular flexibility index (Phi) is 3.68. The Balaban J connectivity index is 2.48. The van der Waals surface area contributed by atoms with Gasteiger partial charge in [-0.25, -0.2) is 12.8 Å². The van der Waals surface area contributed by atoms with Crippen molar-refractivity contribution in [2.75, 3.05) is 13.3 Å². The van der Waals surface area contributed by atoms with Crippen molar-refractivity contribution in [3.8, 4) is 11.3 Å². The van der Waals surface area contributed by atoms with Crippen LogP contribution in [0.5, 0.6) is 0 Å². The number of H-pyrrole nitrogens is 1. The van der Waals surface area contributed by atoms with Gasteiger partial charge in [0.25, 0.3) is 0 Å². The summed E-state index contributed by atoms with van der Waals surface area (Å²) in [6.45, 7) is 0.585. The summed E-state index contributed by atoms with van der Waals surface area (Å²) in [6, 6.07) is 4.03. The van der Waals surface area contributed by atoms with Crippen LogP contribution in [-0.2, 0) is 16.4 Å².